The second-order valence-electron chi connectivity index (χ2n) is 3.41. The van der Waals surface area contributed by atoms with Crippen molar-refractivity contribution < 1.29 is 14.6 Å². The van der Waals surface area contributed by atoms with Gasteiger partial charge in [-0.3, -0.25) is 4.79 Å². The van der Waals surface area contributed by atoms with Crippen LogP contribution < -0.4 is 0 Å². The van der Waals surface area contributed by atoms with Crippen molar-refractivity contribution in [3.05, 3.63) is 29.8 Å². The number of alkyl halides is 1. The van der Waals surface area contributed by atoms with Crippen LogP contribution in [0.3, 0.4) is 0 Å². The molecule has 0 spiro atoms. The van der Waals surface area contributed by atoms with Crippen molar-refractivity contribution in [2.24, 2.45) is 0 Å². The summed E-state index contributed by atoms with van der Waals surface area (Å²) in [5.41, 5.74) is 0.811. The molecule has 0 bridgehead atoms. The molecule has 0 saturated heterocycles. The summed E-state index contributed by atoms with van der Waals surface area (Å²) in [6.45, 7) is 2.16. The summed E-state index contributed by atoms with van der Waals surface area (Å²) in [4.78, 5) is 11.1. The molecule has 0 fully saturated rings. The maximum Gasteiger partial charge on any atom is 0.305 e. The summed E-state index contributed by atoms with van der Waals surface area (Å²) < 4.78 is 4.80. The SMILES string of the molecule is CCOC(=O)CCC(Cl)c1cccc(O)c1. The second kappa shape index (κ2) is 6.38. The Bertz CT molecular complexity index is 352. The fraction of sp³-hybridized carbons (Fsp3) is 0.417. The fourth-order valence-electron chi connectivity index (χ4n) is 1.36. The van der Waals surface area contributed by atoms with Crippen LogP contribution >= 0.6 is 11.6 Å². The molecule has 4 heteroatoms. The number of hydrogen-bond donors (Lipinski definition) is 1. The highest BCUT2D eigenvalue weighted by Gasteiger charge is 2.11. The summed E-state index contributed by atoms with van der Waals surface area (Å²) in [5.74, 6) is -0.0624. The first-order chi connectivity index (χ1) is 7.63. The van der Waals surface area contributed by atoms with Gasteiger partial charge in [0.2, 0.25) is 0 Å². The molecule has 0 aliphatic heterocycles. The van der Waals surface area contributed by atoms with E-state index >= 15 is 0 Å². The third-order valence-electron chi connectivity index (χ3n) is 2.14. The molecule has 1 unspecified atom stereocenters. The first kappa shape index (κ1) is 12.8. The lowest BCUT2D eigenvalue weighted by Gasteiger charge is -2.09. The quantitative estimate of drug-likeness (QED) is 0.638. The number of carbonyl (C=O) groups excluding carboxylic acids is 1. The molecular weight excluding hydrogens is 228 g/mol. The number of phenols is 1. The highest BCUT2D eigenvalue weighted by Crippen LogP contribution is 2.27. The molecule has 0 aliphatic carbocycles. The van der Waals surface area contributed by atoms with E-state index in [1.807, 2.05) is 6.07 Å². The van der Waals surface area contributed by atoms with E-state index in [0.29, 0.717) is 13.0 Å². The maximum atomic E-state index is 11.1. The minimum atomic E-state index is -0.281. The van der Waals surface area contributed by atoms with Gasteiger partial charge in [-0.2, -0.15) is 0 Å². The molecule has 0 aromatic heterocycles. The summed E-state index contributed by atoms with van der Waals surface area (Å²) in [6, 6.07) is 6.73. The zero-order valence-corrected chi connectivity index (χ0v) is 9.91. The lowest BCUT2D eigenvalue weighted by atomic mass is 10.1. The number of halogens is 1. The van der Waals surface area contributed by atoms with E-state index in [9.17, 15) is 9.90 Å². The van der Waals surface area contributed by atoms with Crippen LogP contribution in [0.2, 0.25) is 0 Å². The lowest BCUT2D eigenvalue weighted by molar-refractivity contribution is -0.143. The molecule has 1 atom stereocenters. The summed E-state index contributed by atoms with van der Waals surface area (Å²) >= 11 is 6.10. The zero-order chi connectivity index (χ0) is 12.0. The molecular formula is C12H15ClO3. The van der Waals surface area contributed by atoms with Crippen LogP contribution in [-0.2, 0) is 9.53 Å². The van der Waals surface area contributed by atoms with Gasteiger partial charge >= 0.3 is 5.97 Å². The van der Waals surface area contributed by atoms with Crippen molar-refractivity contribution in [3.8, 4) is 5.75 Å². The van der Waals surface area contributed by atoms with Crippen molar-refractivity contribution in [1.29, 1.82) is 0 Å². The molecule has 1 aromatic rings. The Labute approximate surface area is 100.0 Å². The van der Waals surface area contributed by atoms with Gasteiger partial charge in [-0.05, 0) is 31.0 Å². The van der Waals surface area contributed by atoms with E-state index in [1.54, 1.807) is 25.1 Å². The number of rotatable bonds is 5. The van der Waals surface area contributed by atoms with Gasteiger partial charge in [0.1, 0.15) is 5.75 Å². The number of aromatic hydroxyl groups is 1. The van der Waals surface area contributed by atoms with E-state index in [-0.39, 0.29) is 23.5 Å². The van der Waals surface area contributed by atoms with Gasteiger partial charge < -0.3 is 9.84 Å². The Hall–Kier alpha value is -1.22. The van der Waals surface area contributed by atoms with Crippen LogP contribution in [0.25, 0.3) is 0 Å². The van der Waals surface area contributed by atoms with Crippen LogP contribution in [0.5, 0.6) is 5.75 Å². The lowest BCUT2D eigenvalue weighted by Crippen LogP contribution is -2.05. The second-order valence-corrected chi connectivity index (χ2v) is 3.93. The van der Waals surface area contributed by atoms with Crippen LogP contribution in [0.1, 0.15) is 30.7 Å². The summed E-state index contributed by atoms with van der Waals surface area (Å²) in [7, 11) is 0. The minimum absolute atomic E-state index is 0.180. The average molecular weight is 243 g/mol. The molecule has 16 heavy (non-hydrogen) atoms. The predicted octanol–water partition coefficient (Wildman–Crippen LogP) is 3.02. The van der Waals surface area contributed by atoms with E-state index in [2.05, 4.69) is 0 Å². The van der Waals surface area contributed by atoms with Crippen molar-refractivity contribution in [1.82, 2.24) is 0 Å². The van der Waals surface area contributed by atoms with Gasteiger partial charge in [0.15, 0.2) is 0 Å². The van der Waals surface area contributed by atoms with Gasteiger partial charge in [0.25, 0.3) is 0 Å². The number of carbonyl (C=O) groups is 1. The zero-order valence-electron chi connectivity index (χ0n) is 9.15. The molecule has 0 aliphatic rings. The molecule has 0 saturated carbocycles. The Morgan fingerprint density at radius 2 is 2.31 bits per heavy atom. The number of benzene rings is 1. The topological polar surface area (TPSA) is 46.5 Å². The molecule has 3 nitrogen and oxygen atoms in total. The van der Waals surface area contributed by atoms with E-state index in [4.69, 9.17) is 16.3 Å². The first-order valence-electron chi connectivity index (χ1n) is 5.22. The number of esters is 1. The molecule has 88 valence electrons. The Balaban J connectivity index is 2.46. The highest BCUT2D eigenvalue weighted by molar-refractivity contribution is 6.20. The van der Waals surface area contributed by atoms with Gasteiger partial charge in [-0.25, -0.2) is 0 Å². The smallest absolute Gasteiger partial charge is 0.305 e. The van der Waals surface area contributed by atoms with Crippen LogP contribution in [0, 0.1) is 0 Å². The number of phenolic OH excluding ortho intramolecular Hbond substituents is 1. The normalized spacial score (nSPS) is 12.1. The van der Waals surface area contributed by atoms with E-state index in [0.717, 1.165) is 5.56 Å². The van der Waals surface area contributed by atoms with Gasteiger partial charge in [0.05, 0.1) is 12.0 Å². The van der Waals surface area contributed by atoms with Gasteiger partial charge in [-0.15, -0.1) is 11.6 Å². The molecule has 0 radical (unpaired) electrons. The van der Waals surface area contributed by atoms with Crippen LogP contribution in [-0.4, -0.2) is 17.7 Å². The maximum absolute atomic E-state index is 11.1. The Kier molecular flexibility index (Phi) is 5.12. The van der Waals surface area contributed by atoms with Crippen molar-refractivity contribution >= 4 is 17.6 Å². The fourth-order valence-corrected chi connectivity index (χ4v) is 1.61. The predicted molar refractivity (Wildman–Crippen MR) is 62.6 cm³/mol. The molecule has 1 N–H and O–H groups in total. The largest absolute Gasteiger partial charge is 0.508 e. The van der Waals surface area contributed by atoms with Crippen molar-refractivity contribution in [3.63, 3.8) is 0 Å². The molecule has 0 amide bonds. The standard InChI is InChI=1S/C12H15ClO3/c1-2-16-12(15)7-6-11(13)9-4-3-5-10(14)8-9/h3-5,8,11,14H,2,6-7H2,1H3. The van der Waals surface area contributed by atoms with Crippen molar-refractivity contribution in [2.45, 2.75) is 25.1 Å². The number of hydrogen-bond acceptors (Lipinski definition) is 3. The third-order valence-corrected chi connectivity index (χ3v) is 2.61. The first-order valence-corrected chi connectivity index (χ1v) is 5.65. The highest BCUT2D eigenvalue weighted by atomic mass is 35.5. The Morgan fingerprint density at radius 3 is 2.94 bits per heavy atom. The average Bonchev–Trinajstić information content (AvgIpc) is 2.26. The Morgan fingerprint density at radius 1 is 1.56 bits per heavy atom. The van der Waals surface area contributed by atoms with E-state index < -0.39 is 0 Å². The van der Waals surface area contributed by atoms with Crippen LogP contribution in [0.15, 0.2) is 24.3 Å². The van der Waals surface area contributed by atoms with E-state index in [1.165, 1.54) is 0 Å². The number of ether oxygens (including phenoxy) is 1. The van der Waals surface area contributed by atoms with Gasteiger partial charge in [0, 0.05) is 6.42 Å². The minimum Gasteiger partial charge on any atom is -0.508 e. The van der Waals surface area contributed by atoms with Crippen molar-refractivity contribution in [2.75, 3.05) is 6.61 Å². The molecule has 0 heterocycles. The molecule has 1 rings (SSSR count). The van der Waals surface area contributed by atoms with Crippen LogP contribution in [0.4, 0.5) is 0 Å². The summed E-state index contributed by atoms with van der Waals surface area (Å²) in [5, 5.41) is 8.99. The molecule has 1 aromatic carbocycles. The third kappa shape index (κ3) is 4.11. The van der Waals surface area contributed by atoms with Gasteiger partial charge in [-0.1, -0.05) is 12.1 Å². The monoisotopic (exact) mass is 242 g/mol. The summed E-state index contributed by atoms with van der Waals surface area (Å²) in [6.07, 6.45) is 0.793.